The van der Waals surface area contributed by atoms with Crippen molar-refractivity contribution in [2.45, 2.75) is 18.7 Å². The van der Waals surface area contributed by atoms with Crippen LogP contribution < -0.4 is 10.0 Å². The van der Waals surface area contributed by atoms with Crippen LogP contribution in [0.5, 0.6) is 0 Å². The van der Waals surface area contributed by atoms with Gasteiger partial charge in [0.05, 0.1) is 5.75 Å². The average Bonchev–Trinajstić information content (AvgIpc) is 3.14. The quantitative estimate of drug-likeness (QED) is 0.318. The highest BCUT2D eigenvalue weighted by Gasteiger charge is 2.10. The summed E-state index contributed by atoms with van der Waals surface area (Å²) in [7, 11) is 1.93. The molecule has 0 aliphatic carbocycles. The third-order valence-corrected chi connectivity index (χ3v) is 6.23. The van der Waals surface area contributed by atoms with Crippen molar-refractivity contribution in [3.63, 3.8) is 0 Å². The summed E-state index contributed by atoms with van der Waals surface area (Å²) in [6.07, 6.45) is 0.978. The second-order valence-corrected chi connectivity index (χ2v) is 8.89. The molecule has 0 aliphatic heterocycles. The Balaban J connectivity index is 0.00000364. The summed E-state index contributed by atoms with van der Waals surface area (Å²) in [6.45, 7) is 1.46. The van der Waals surface area contributed by atoms with E-state index in [1.54, 1.807) is 18.4 Å². The zero-order valence-corrected chi connectivity index (χ0v) is 19.8. The standard InChI is InChI=1S/C18H26N4O2S2.HI/c1-19-18(22(3)10-9-17-8-5-11-25-17)21-13-15-6-4-7-16(12-15)14-26(23,24)20-2;/h4-8,11-12,20H,9-10,13-14H2,1-3H3,(H,19,21);1H. The first kappa shape index (κ1) is 23.9. The number of nitrogens with one attached hydrogen (secondary N) is 2. The number of sulfonamides is 1. The molecule has 0 unspecified atom stereocenters. The predicted octanol–water partition coefficient (Wildman–Crippen LogP) is 2.67. The molecule has 0 bridgehead atoms. The Morgan fingerprint density at radius 2 is 1.96 bits per heavy atom. The molecule has 0 aliphatic rings. The molecular weight excluding hydrogens is 495 g/mol. The summed E-state index contributed by atoms with van der Waals surface area (Å²) >= 11 is 1.76. The zero-order valence-electron chi connectivity index (χ0n) is 15.8. The molecule has 0 spiro atoms. The van der Waals surface area contributed by atoms with Gasteiger partial charge in [0.15, 0.2) is 5.96 Å². The fraction of sp³-hybridized carbons (Fsp3) is 0.389. The number of halogens is 1. The van der Waals surface area contributed by atoms with Crippen LogP contribution in [0.1, 0.15) is 16.0 Å². The summed E-state index contributed by atoms with van der Waals surface area (Å²) in [5.74, 6) is 0.794. The minimum absolute atomic E-state index is 0. The fourth-order valence-corrected chi connectivity index (χ4v) is 3.99. The molecule has 0 radical (unpaired) electrons. The first-order chi connectivity index (χ1) is 12.4. The highest BCUT2D eigenvalue weighted by Crippen LogP contribution is 2.10. The predicted molar refractivity (Wildman–Crippen MR) is 124 cm³/mol. The highest BCUT2D eigenvalue weighted by molar-refractivity contribution is 14.0. The van der Waals surface area contributed by atoms with Gasteiger partial charge in [0.1, 0.15) is 0 Å². The number of hydrogen-bond acceptors (Lipinski definition) is 4. The molecule has 0 saturated carbocycles. The lowest BCUT2D eigenvalue weighted by molar-refractivity contribution is 0.486. The molecule has 0 amide bonds. The smallest absolute Gasteiger partial charge is 0.215 e. The Morgan fingerprint density at radius 1 is 1.22 bits per heavy atom. The second kappa shape index (κ2) is 11.6. The summed E-state index contributed by atoms with van der Waals surface area (Å²) in [5, 5.41) is 5.42. The van der Waals surface area contributed by atoms with Crippen LogP contribution >= 0.6 is 35.3 Å². The number of likely N-dealkylation sites (N-methyl/N-ethyl adjacent to an activating group) is 1. The lowest BCUT2D eigenvalue weighted by atomic mass is 10.1. The summed E-state index contributed by atoms with van der Waals surface area (Å²) in [6, 6.07) is 11.8. The Kier molecular flexibility index (Phi) is 10.3. The van der Waals surface area contributed by atoms with Crippen LogP contribution in [0.25, 0.3) is 0 Å². The number of benzene rings is 1. The van der Waals surface area contributed by atoms with Crippen molar-refractivity contribution in [1.29, 1.82) is 0 Å². The summed E-state index contributed by atoms with van der Waals surface area (Å²) < 4.78 is 25.7. The first-order valence-corrected chi connectivity index (χ1v) is 10.9. The van der Waals surface area contributed by atoms with Gasteiger partial charge < -0.3 is 10.2 Å². The summed E-state index contributed by atoms with van der Waals surface area (Å²) in [4.78, 5) is 7.77. The minimum atomic E-state index is -3.27. The minimum Gasteiger partial charge on any atom is -0.352 e. The van der Waals surface area contributed by atoms with Gasteiger partial charge in [0, 0.05) is 32.1 Å². The van der Waals surface area contributed by atoms with E-state index >= 15 is 0 Å². The van der Waals surface area contributed by atoms with Gasteiger partial charge >= 0.3 is 0 Å². The monoisotopic (exact) mass is 522 g/mol. The molecule has 0 fully saturated rings. The largest absolute Gasteiger partial charge is 0.352 e. The van der Waals surface area contributed by atoms with Gasteiger partial charge in [-0.1, -0.05) is 30.3 Å². The van der Waals surface area contributed by atoms with E-state index in [0.29, 0.717) is 6.54 Å². The number of guanidine groups is 1. The third kappa shape index (κ3) is 8.16. The third-order valence-electron chi connectivity index (χ3n) is 3.96. The van der Waals surface area contributed by atoms with E-state index < -0.39 is 10.0 Å². The maximum absolute atomic E-state index is 11.7. The zero-order chi connectivity index (χ0) is 19.0. The van der Waals surface area contributed by atoms with E-state index in [-0.39, 0.29) is 29.7 Å². The Hall–Kier alpha value is -1.17. The molecular formula is C18H27IN4O2S2. The van der Waals surface area contributed by atoms with Crippen LogP contribution in [-0.4, -0.2) is 47.0 Å². The molecule has 150 valence electrons. The van der Waals surface area contributed by atoms with Gasteiger partial charge in [-0.25, -0.2) is 13.1 Å². The van der Waals surface area contributed by atoms with E-state index in [9.17, 15) is 8.42 Å². The number of thiophene rings is 1. The Labute approximate surface area is 183 Å². The van der Waals surface area contributed by atoms with Gasteiger partial charge in [0.25, 0.3) is 0 Å². The molecule has 0 atom stereocenters. The topological polar surface area (TPSA) is 73.8 Å². The fourth-order valence-electron chi connectivity index (χ4n) is 2.53. The maximum Gasteiger partial charge on any atom is 0.215 e. The van der Waals surface area contributed by atoms with Crippen LogP contribution in [-0.2, 0) is 28.7 Å². The molecule has 0 saturated heterocycles. The second-order valence-electron chi connectivity index (χ2n) is 5.93. The highest BCUT2D eigenvalue weighted by atomic mass is 127. The van der Waals surface area contributed by atoms with Crippen molar-refractivity contribution in [3.8, 4) is 0 Å². The van der Waals surface area contributed by atoms with Crippen LogP contribution in [0.4, 0.5) is 0 Å². The van der Waals surface area contributed by atoms with Gasteiger partial charge in [-0.05, 0) is 36.0 Å². The molecule has 6 nitrogen and oxygen atoms in total. The van der Waals surface area contributed by atoms with Gasteiger partial charge in [0.2, 0.25) is 10.0 Å². The van der Waals surface area contributed by atoms with Gasteiger partial charge in [-0.3, -0.25) is 4.99 Å². The number of rotatable bonds is 8. The van der Waals surface area contributed by atoms with Crippen molar-refractivity contribution in [3.05, 3.63) is 57.8 Å². The van der Waals surface area contributed by atoms with E-state index in [4.69, 9.17) is 0 Å². The van der Waals surface area contributed by atoms with Crippen LogP contribution in [0, 0.1) is 0 Å². The molecule has 2 N–H and O–H groups in total. The van der Waals surface area contributed by atoms with Crippen molar-refractivity contribution in [2.24, 2.45) is 4.99 Å². The number of hydrogen-bond donors (Lipinski definition) is 2. The molecule has 9 heteroatoms. The van der Waals surface area contributed by atoms with E-state index in [0.717, 1.165) is 30.1 Å². The maximum atomic E-state index is 11.7. The van der Waals surface area contributed by atoms with E-state index in [1.165, 1.54) is 11.9 Å². The van der Waals surface area contributed by atoms with Gasteiger partial charge in [-0.15, -0.1) is 35.3 Å². The van der Waals surface area contributed by atoms with Crippen LogP contribution in [0.2, 0.25) is 0 Å². The van der Waals surface area contributed by atoms with E-state index in [2.05, 4.69) is 37.4 Å². The lowest BCUT2D eigenvalue weighted by Gasteiger charge is -2.22. The average molecular weight is 522 g/mol. The number of nitrogens with zero attached hydrogens (tertiary/aromatic N) is 2. The Bertz CT molecular complexity index is 824. The van der Waals surface area contributed by atoms with Crippen molar-refractivity contribution in [2.75, 3.05) is 27.7 Å². The van der Waals surface area contributed by atoms with E-state index in [1.807, 2.05) is 31.3 Å². The molecule has 2 aromatic rings. The van der Waals surface area contributed by atoms with Crippen LogP contribution in [0.3, 0.4) is 0 Å². The van der Waals surface area contributed by atoms with Crippen molar-refractivity contribution in [1.82, 2.24) is 14.9 Å². The molecule has 1 heterocycles. The molecule has 1 aromatic carbocycles. The van der Waals surface area contributed by atoms with Crippen molar-refractivity contribution < 1.29 is 8.42 Å². The molecule has 2 rings (SSSR count). The van der Waals surface area contributed by atoms with Crippen LogP contribution in [0.15, 0.2) is 46.8 Å². The lowest BCUT2D eigenvalue weighted by Crippen LogP contribution is -2.39. The normalized spacial score (nSPS) is 11.7. The number of aliphatic imine (C=N–C) groups is 1. The van der Waals surface area contributed by atoms with Crippen molar-refractivity contribution >= 4 is 51.3 Å². The molecule has 27 heavy (non-hydrogen) atoms. The molecule has 1 aromatic heterocycles. The van der Waals surface area contributed by atoms with Gasteiger partial charge in [-0.2, -0.15) is 0 Å². The summed E-state index contributed by atoms with van der Waals surface area (Å²) in [5.41, 5.74) is 1.78. The first-order valence-electron chi connectivity index (χ1n) is 8.36. The SMILES string of the molecule is CN=C(NCc1cccc(CS(=O)(=O)NC)c1)N(C)CCc1cccs1.I. The Morgan fingerprint density at radius 3 is 2.59 bits per heavy atom.